The van der Waals surface area contributed by atoms with Crippen LogP contribution >= 0.6 is 0 Å². The average molecular weight is 748 g/mol. The van der Waals surface area contributed by atoms with E-state index in [-0.39, 0.29) is 12.6 Å². The zero-order chi connectivity index (χ0) is 37.3. The fraction of sp³-hybridized carbons (Fsp3) is 0.757. The summed E-state index contributed by atoms with van der Waals surface area (Å²) < 4.78 is 70.2. The fourth-order valence-corrected chi connectivity index (χ4v) is 3.90. The van der Waals surface area contributed by atoms with Gasteiger partial charge >= 0.3 is 5.97 Å². The molecule has 0 saturated heterocycles. The van der Waals surface area contributed by atoms with E-state index in [0.29, 0.717) is 158 Å². The summed E-state index contributed by atoms with van der Waals surface area (Å²) >= 11 is 0. The Labute approximate surface area is 310 Å². The summed E-state index contributed by atoms with van der Waals surface area (Å²) in [7, 11) is 0. The molecule has 0 saturated carbocycles. The van der Waals surface area contributed by atoms with Crippen LogP contribution in [0.2, 0.25) is 0 Å². The van der Waals surface area contributed by atoms with Gasteiger partial charge in [0.25, 0.3) is 0 Å². The first-order valence-electron chi connectivity index (χ1n) is 18.4. The lowest BCUT2D eigenvalue weighted by Crippen LogP contribution is -2.15. The van der Waals surface area contributed by atoms with Crippen LogP contribution in [0.1, 0.15) is 30.1 Å². The largest absolute Gasteiger partial charge is 0.499 e. The van der Waals surface area contributed by atoms with Crippen LogP contribution in [0.4, 0.5) is 5.69 Å². The number of ether oxygens (including phenoxy) is 13. The van der Waals surface area contributed by atoms with Gasteiger partial charge in [-0.25, -0.2) is 4.79 Å². The minimum atomic E-state index is -0.363. The van der Waals surface area contributed by atoms with Crippen LogP contribution in [0, 0.1) is 0 Å². The number of unbranched alkanes of at least 4 members (excludes halogenated alkanes) is 1. The van der Waals surface area contributed by atoms with Gasteiger partial charge in [-0.05, 0) is 30.7 Å². The molecule has 0 bridgehead atoms. The molecule has 1 aromatic carbocycles. The Kier molecular flexibility index (Phi) is 36.4. The molecule has 0 heterocycles. The highest BCUT2D eigenvalue weighted by Gasteiger charge is 2.07. The Balaban J connectivity index is 1.68. The molecule has 302 valence electrons. The second kappa shape index (κ2) is 39.8. The molecule has 0 atom stereocenters. The van der Waals surface area contributed by atoms with Crippen molar-refractivity contribution in [2.75, 3.05) is 170 Å². The summed E-state index contributed by atoms with van der Waals surface area (Å²) in [5.74, 6) is -0.363. The molecule has 1 rings (SSSR count). The van der Waals surface area contributed by atoms with Crippen LogP contribution in [-0.2, 0) is 61.6 Å². The van der Waals surface area contributed by atoms with Crippen LogP contribution < -0.4 is 5.32 Å². The van der Waals surface area contributed by atoms with Crippen LogP contribution in [0.25, 0.3) is 0 Å². The Bertz CT molecular complexity index is 896. The molecule has 0 radical (unpaired) electrons. The first kappa shape index (κ1) is 47.6. The lowest BCUT2D eigenvalue weighted by molar-refractivity contribution is -0.0283. The van der Waals surface area contributed by atoms with E-state index in [1.807, 2.05) is 12.1 Å². The third kappa shape index (κ3) is 33.4. The van der Waals surface area contributed by atoms with Gasteiger partial charge < -0.3 is 66.9 Å². The molecule has 0 aliphatic heterocycles. The summed E-state index contributed by atoms with van der Waals surface area (Å²) in [6, 6.07) is 7.29. The summed E-state index contributed by atoms with van der Waals surface area (Å²) in [6.45, 7) is 17.8. The minimum absolute atomic E-state index is 0.188. The van der Waals surface area contributed by atoms with Gasteiger partial charge in [-0.3, -0.25) is 0 Å². The van der Waals surface area contributed by atoms with Crippen molar-refractivity contribution >= 4 is 11.7 Å². The molecule has 0 fully saturated rings. The standard InChI is InChI=1S/C37H65NO14/c1-3-5-10-38-36-8-6-35(7-9-36)37(39)52-34-33-51-32-31-50-30-29-49-28-27-48-26-25-47-24-23-46-22-21-45-20-19-44-18-17-43-16-15-42-14-13-41-12-11-40-4-2/h4,6-9,38H,2-3,5,10-34H2,1H3. The molecule has 0 amide bonds. The van der Waals surface area contributed by atoms with Gasteiger partial charge in [-0.1, -0.05) is 19.9 Å². The van der Waals surface area contributed by atoms with Crippen LogP contribution in [0.5, 0.6) is 0 Å². The van der Waals surface area contributed by atoms with Crippen molar-refractivity contribution in [3.63, 3.8) is 0 Å². The van der Waals surface area contributed by atoms with Crippen molar-refractivity contribution < 1.29 is 66.4 Å². The monoisotopic (exact) mass is 747 g/mol. The molecule has 1 aromatic rings. The van der Waals surface area contributed by atoms with Crippen LogP contribution in [0.3, 0.4) is 0 Å². The van der Waals surface area contributed by atoms with Gasteiger partial charge in [0.2, 0.25) is 0 Å². The number of nitrogens with one attached hydrogen (secondary N) is 1. The van der Waals surface area contributed by atoms with Crippen molar-refractivity contribution in [3.8, 4) is 0 Å². The number of benzene rings is 1. The van der Waals surface area contributed by atoms with Gasteiger partial charge in [0.1, 0.15) is 13.2 Å². The number of hydrogen-bond donors (Lipinski definition) is 1. The maximum absolute atomic E-state index is 12.1. The van der Waals surface area contributed by atoms with E-state index in [2.05, 4.69) is 18.8 Å². The van der Waals surface area contributed by atoms with Gasteiger partial charge in [0.15, 0.2) is 0 Å². The molecule has 15 nitrogen and oxygen atoms in total. The number of carbonyl (C=O) groups is 1. The molecule has 0 aliphatic rings. The van der Waals surface area contributed by atoms with E-state index in [0.717, 1.165) is 25.1 Å². The van der Waals surface area contributed by atoms with Crippen molar-refractivity contribution in [1.29, 1.82) is 0 Å². The van der Waals surface area contributed by atoms with Crippen LogP contribution in [-0.4, -0.2) is 171 Å². The Morgan fingerprint density at radius 3 is 1.12 bits per heavy atom. The molecule has 0 unspecified atom stereocenters. The zero-order valence-corrected chi connectivity index (χ0v) is 31.4. The van der Waals surface area contributed by atoms with Gasteiger partial charge in [0, 0.05) is 12.2 Å². The quantitative estimate of drug-likeness (QED) is 0.0591. The van der Waals surface area contributed by atoms with Gasteiger partial charge in [-0.15, -0.1) is 0 Å². The maximum Gasteiger partial charge on any atom is 0.338 e. The third-order valence-electron chi connectivity index (χ3n) is 6.62. The molecule has 0 aliphatic carbocycles. The van der Waals surface area contributed by atoms with E-state index < -0.39 is 0 Å². The normalized spacial score (nSPS) is 11.2. The topological polar surface area (TPSA) is 149 Å². The number of carbonyl (C=O) groups excluding carboxylic acids is 1. The molecule has 1 N–H and O–H groups in total. The Hall–Kier alpha value is -2.41. The van der Waals surface area contributed by atoms with E-state index >= 15 is 0 Å². The summed E-state index contributed by atoms with van der Waals surface area (Å²) in [5, 5.41) is 3.32. The fourth-order valence-electron chi connectivity index (χ4n) is 3.90. The van der Waals surface area contributed by atoms with E-state index in [1.165, 1.54) is 6.26 Å². The molecule has 0 aromatic heterocycles. The first-order valence-corrected chi connectivity index (χ1v) is 18.4. The molecule has 52 heavy (non-hydrogen) atoms. The predicted octanol–water partition coefficient (Wildman–Crippen LogP) is 3.40. The highest BCUT2D eigenvalue weighted by Crippen LogP contribution is 2.11. The first-order chi connectivity index (χ1) is 25.8. The third-order valence-corrected chi connectivity index (χ3v) is 6.62. The van der Waals surface area contributed by atoms with E-state index in [4.69, 9.17) is 61.6 Å². The number of rotatable bonds is 42. The van der Waals surface area contributed by atoms with Crippen molar-refractivity contribution in [2.45, 2.75) is 19.8 Å². The lowest BCUT2D eigenvalue weighted by atomic mass is 10.2. The second-order valence-electron chi connectivity index (χ2n) is 10.8. The SMILES string of the molecule is C=COCCOCCOCCOCCOCCOCCOCCOCCOCCOCCOCCOCCOC(=O)c1ccc(NCCCC)cc1. The van der Waals surface area contributed by atoms with Crippen molar-refractivity contribution in [3.05, 3.63) is 42.7 Å². The molecular formula is C37H65NO14. The smallest absolute Gasteiger partial charge is 0.338 e. The molecule has 15 heteroatoms. The van der Waals surface area contributed by atoms with E-state index in [1.54, 1.807) is 12.1 Å². The molecular weight excluding hydrogens is 682 g/mol. The van der Waals surface area contributed by atoms with Gasteiger partial charge in [-0.2, -0.15) is 0 Å². The van der Waals surface area contributed by atoms with Gasteiger partial charge in [0.05, 0.1) is 157 Å². The minimum Gasteiger partial charge on any atom is -0.499 e. The zero-order valence-electron chi connectivity index (χ0n) is 31.4. The van der Waals surface area contributed by atoms with Crippen LogP contribution in [0.15, 0.2) is 37.1 Å². The Morgan fingerprint density at radius 1 is 0.500 bits per heavy atom. The predicted molar refractivity (Wildman–Crippen MR) is 195 cm³/mol. The number of esters is 1. The number of hydrogen-bond acceptors (Lipinski definition) is 15. The highest BCUT2D eigenvalue weighted by molar-refractivity contribution is 5.89. The number of anilines is 1. The maximum atomic E-state index is 12.1. The van der Waals surface area contributed by atoms with Crippen molar-refractivity contribution in [1.82, 2.24) is 0 Å². The Morgan fingerprint density at radius 2 is 0.808 bits per heavy atom. The summed E-state index contributed by atoms with van der Waals surface area (Å²) in [4.78, 5) is 12.1. The summed E-state index contributed by atoms with van der Waals surface area (Å²) in [6.07, 6.45) is 3.63. The summed E-state index contributed by atoms with van der Waals surface area (Å²) in [5.41, 5.74) is 1.51. The average Bonchev–Trinajstić information content (AvgIpc) is 3.16. The molecule has 0 spiro atoms. The second-order valence-corrected chi connectivity index (χ2v) is 10.8. The van der Waals surface area contributed by atoms with Crippen molar-refractivity contribution in [2.24, 2.45) is 0 Å². The van der Waals surface area contributed by atoms with E-state index in [9.17, 15) is 4.79 Å². The lowest BCUT2D eigenvalue weighted by Gasteiger charge is -2.09. The highest BCUT2D eigenvalue weighted by atomic mass is 16.6.